The van der Waals surface area contributed by atoms with Crippen molar-refractivity contribution in [1.82, 2.24) is 10.2 Å². The van der Waals surface area contributed by atoms with Crippen LogP contribution >= 0.6 is 0 Å². The topological polar surface area (TPSA) is 58.4 Å². The molecule has 0 saturated carbocycles. The van der Waals surface area contributed by atoms with Gasteiger partial charge in [0.2, 0.25) is 5.91 Å². The lowest BCUT2D eigenvalue weighted by Gasteiger charge is -2.25. The van der Waals surface area contributed by atoms with E-state index in [0.717, 1.165) is 19.5 Å². The molecule has 104 valence electrons. The van der Waals surface area contributed by atoms with E-state index in [1.807, 2.05) is 6.07 Å². The molecule has 4 heteroatoms. The quantitative estimate of drug-likeness (QED) is 0.835. The first-order valence-electron chi connectivity index (χ1n) is 6.98. The van der Waals surface area contributed by atoms with Gasteiger partial charge in [0.25, 0.3) is 0 Å². The summed E-state index contributed by atoms with van der Waals surface area (Å²) in [4.78, 5) is 14.0. The number of carbonyl (C=O) groups excluding carboxylic acids is 1. The Morgan fingerprint density at radius 2 is 2.21 bits per heavy atom. The van der Waals surface area contributed by atoms with E-state index in [9.17, 15) is 4.79 Å². The Balaban J connectivity index is 1.85. The average molecular weight is 261 g/mol. The maximum atomic E-state index is 11.5. The predicted molar refractivity (Wildman–Crippen MR) is 76.5 cm³/mol. The summed E-state index contributed by atoms with van der Waals surface area (Å²) in [5, 5.41) is 2.93. The van der Waals surface area contributed by atoms with Gasteiger partial charge in [0, 0.05) is 19.1 Å². The normalized spacial score (nSPS) is 21.3. The van der Waals surface area contributed by atoms with E-state index in [-0.39, 0.29) is 5.91 Å². The van der Waals surface area contributed by atoms with Crippen molar-refractivity contribution in [1.29, 1.82) is 0 Å². The number of amides is 1. The summed E-state index contributed by atoms with van der Waals surface area (Å²) < 4.78 is 0. The molecule has 1 aromatic rings. The molecule has 1 aliphatic rings. The largest absolute Gasteiger partial charge is 0.353 e. The smallest absolute Gasteiger partial charge is 0.236 e. The molecular formula is C15H23N3O. The molecule has 0 spiro atoms. The van der Waals surface area contributed by atoms with Crippen LogP contribution in [-0.2, 0) is 11.3 Å². The number of nitrogens with two attached hydrogens (primary N) is 1. The van der Waals surface area contributed by atoms with Crippen molar-refractivity contribution in [2.24, 2.45) is 5.73 Å². The zero-order valence-electron chi connectivity index (χ0n) is 11.5. The van der Waals surface area contributed by atoms with Crippen LogP contribution in [0.2, 0.25) is 0 Å². The number of hydrogen-bond donors (Lipinski definition) is 2. The highest BCUT2D eigenvalue weighted by Gasteiger charge is 2.24. The van der Waals surface area contributed by atoms with Crippen LogP contribution in [0.3, 0.4) is 0 Å². The molecule has 1 saturated heterocycles. The monoisotopic (exact) mass is 261 g/mol. The minimum atomic E-state index is -0.427. The molecule has 4 nitrogen and oxygen atoms in total. The molecule has 1 heterocycles. The summed E-state index contributed by atoms with van der Waals surface area (Å²) in [6, 6.07) is 10.5. The van der Waals surface area contributed by atoms with E-state index in [1.165, 1.54) is 12.0 Å². The third-order valence-corrected chi connectivity index (χ3v) is 3.65. The van der Waals surface area contributed by atoms with Gasteiger partial charge in [-0.1, -0.05) is 30.3 Å². The van der Waals surface area contributed by atoms with Crippen LogP contribution in [0.4, 0.5) is 0 Å². The minimum Gasteiger partial charge on any atom is -0.353 e. The van der Waals surface area contributed by atoms with Crippen LogP contribution in [0, 0.1) is 0 Å². The van der Waals surface area contributed by atoms with Gasteiger partial charge in [-0.05, 0) is 31.9 Å². The van der Waals surface area contributed by atoms with E-state index in [2.05, 4.69) is 34.5 Å². The van der Waals surface area contributed by atoms with Gasteiger partial charge in [0.15, 0.2) is 0 Å². The van der Waals surface area contributed by atoms with Crippen molar-refractivity contribution >= 4 is 5.91 Å². The molecule has 1 aliphatic heterocycles. The van der Waals surface area contributed by atoms with Crippen LogP contribution in [0.1, 0.15) is 25.3 Å². The first-order chi connectivity index (χ1) is 9.16. The lowest BCUT2D eigenvalue weighted by molar-refractivity contribution is -0.122. The first kappa shape index (κ1) is 14.0. The van der Waals surface area contributed by atoms with Crippen molar-refractivity contribution < 1.29 is 4.79 Å². The SMILES string of the molecule is C[C@H](N)C(=O)NCC1CCCN1Cc1ccccc1. The van der Waals surface area contributed by atoms with Gasteiger partial charge in [0.05, 0.1) is 6.04 Å². The molecule has 19 heavy (non-hydrogen) atoms. The van der Waals surface area contributed by atoms with Gasteiger partial charge in [-0.3, -0.25) is 9.69 Å². The van der Waals surface area contributed by atoms with Crippen molar-refractivity contribution in [3.8, 4) is 0 Å². The summed E-state index contributed by atoms with van der Waals surface area (Å²) >= 11 is 0. The molecule has 0 radical (unpaired) electrons. The zero-order valence-corrected chi connectivity index (χ0v) is 11.5. The van der Waals surface area contributed by atoms with Crippen molar-refractivity contribution in [3.63, 3.8) is 0 Å². The van der Waals surface area contributed by atoms with E-state index < -0.39 is 6.04 Å². The number of nitrogens with one attached hydrogen (secondary N) is 1. The Morgan fingerprint density at radius 3 is 2.89 bits per heavy atom. The maximum Gasteiger partial charge on any atom is 0.236 e. The summed E-state index contributed by atoms with van der Waals surface area (Å²) in [5.74, 6) is -0.0634. The summed E-state index contributed by atoms with van der Waals surface area (Å²) in [6.45, 7) is 4.48. The lowest BCUT2D eigenvalue weighted by atomic mass is 10.1. The summed E-state index contributed by atoms with van der Waals surface area (Å²) in [7, 11) is 0. The fourth-order valence-corrected chi connectivity index (χ4v) is 2.53. The Morgan fingerprint density at radius 1 is 1.47 bits per heavy atom. The molecule has 1 fully saturated rings. The number of rotatable bonds is 5. The molecule has 0 aromatic heterocycles. The second kappa shape index (κ2) is 6.68. The zero-order chi connectivity index (χ0) is 13.7. The predicted octanol–water partition coefficient (Wildman–Crippen LogP) is 1.11. The Bertz CT molecular complexity index is 405. The molecule has 2 atom stereocenters. The van der Waals surface area contributed by atoms with E-state index in [4.69, 9.17) is 5.73 Å². The number of benzene rings is 1. The summed E-state index contributed by atoms with van der Waals surface area (Å²) in [5.41, 5.74) is 6.88. The van der Waals surface area contributed by atoms with E-state index >= 15 is 0 Å². The van der Waals surface area contributed by atoms with Gasteiger partial charge in [-0.25, -0.2) is 0 Å². The van der Waals surface area contributed by atoms with Crippen molar-refractivity contribution in [2.45, 2.75) is 38.4 Å². The molecule has 1 amide bonds. The summed E-state index contributed by atoms with van der Waals surface area (Å²) in [6.07, 6.45) is 2.34. The number of likely N-dealkylation sites (tertiary alicyclic amines) is 1. The van der Waals surface area contributed by atoms with Gasteiger partial charge < -0.3 is 11.1 Å². The lowest BCUT2D eigenvalue weighted by Crippen LogP contribution is -2.44. The first-order valence-corrected chi connectivity index (χ1v) is 6.98. The average Bonchev–Trinajstić information content (AvgIpc) is 2.84. The van der Waals surface area contributed by atoms with Crippen LogP contribution in [0.25, 0.3) is 0 Å². The standard InChI is InChI=1S/C15H23N3O/c1-12(16)15(19)17-10-14-8-5-9-18(14)11-13-6-3-2-4-7-13/h2-4,6-7,12,14H,5,8-11,16H2,1H3,(H,17,19)/t12-,14?/m0/s1. The highest BCUT2D eigenvalue weighted by atomic mass is 16.2. The second-order valence-electron chi connectivity index (χ2n) is 5.29. The molecule has 3 N–H and O–H groups in total. The fraction of sp³-hybridized carbons (Fsp3) is 0.533. The Kier molecular flexibility index (Phi) is 4.93. The maximum absolute atomic E-state index is 11.5. The van der Waals surface area contributed by atoms with Gasteiger partial charge in [0.1, 0.15) is 0 Å². The van der Waals surface area contributed by atoms with Crippen molar-refractivity contribution in [3.05, 3.63) is 35.9 Å². The fourth-order valence-electron chi connectivity index (χ4n) is 2.53. The molecule has 1 aromatic carbocycles. The van der Waals surface area contributed by atoms with E-state index in [0.29, 0.717) is 12.6 Å². The number of carbonyl (C=O) groups is 1. The number of hydrogen-bond acceptors (Lipinski definition) is 3. The molecule has 1 unspecified atom stereocenters. The van der Waals surface area contributed by atoms with Crippen molar-refractivity contribution in [2.75, 3.05) is 13.1 Å². The van der Waals surface area contributed by atoms with E-state index in [1.54, 1.807) is 6.92 Å². The highest BCUT2D eigenvalue weighted by molar-refractivity contribution is 5.80. The number of nitrogens with zero attached hydrogens (tertiary/aromatic N) is 1. The molecular weight excluding hydrogens is 238 g/mol. The molecule has 0 bridgehead atoms. The minimum absolute atomic E-state index is 0.0634. The molecule has 0 aliphatic carbocycles. The van der Waals surface area contributed by atoms with Gasteiger partial charge in [-0.2, -0.15) is 0 Å². The van der Waals surface area contributed by atoms with Crippen LogP contribution < -0.4 is 11.1 Å². The van der Waals surface area contributed by atoms with Crippen LogP contribution in [-0.4, -0.2) is 36.0 Å². The second-order valence-corrected chi connectivity index (χ2v) is 5.29. The Hall–Kier alpha value is -1.39. The van der Waals surface area contributed by atoms with Crippen LogP contribution in [0.15, 0.2) is 30.3 Å². The highest BCUT2D eigenvalue weighted by Crippen LogP contribution is 2.19. The Labute approximate surface area is 115 Å². The van der Waals surface area contributed by atoms with Crippen LogP contribution in [0.5, 0.6) is 0 Å². The van der Waals surface area contributed by atoms with Gasteiger partial charge >= 0.3 is 0 Å². The molecule has 2 rings (SSSR count). The van der Waals surface area contributed by atoms with Gasteiger partial charge in [-0.15, -0.1) is 0 Å². The third kappa shape index (κ3) is 4.04. The third-order valence-electron chi connectivity index (χ3n) is 3.65.